The van der Waals surface area contributed by atoms with Crippen LogP contribution in [-0.2, 0) is 12.7 Å². The maximum atomic E-state index is 12.8. The van der Waals surface area contributed by atoms with Crippen LogP contribution in [-0.4, -0.2) is 44.2 Å². The minimum Gasteiger partial charge on any atom is -0.324 e. The number of hydrogen-bond donors (Lipinski definition) is 1. The predicted octanol–water partition coefficient (Wildman–Crippen LogP) is 4.01. The molecule has 152 valence electrons. The number of alkyl halides is 3. The van der Waals surface area contributed by atoms with Crippen LogP contribution in [0.15, 0.2) is 24.3 Å². The minimum absolute atomic E-state index is 0.223. The van der Waals surface area contributed by atoms with Gasteiger partial charge in [-0.1, -0.05) is 23.5 Å². The van der Waals surface area contributed by atoms with Gasteiger partial charge in [0.15, 0.2) is 11.0 Å². The van der Waals surface area contributed by atoms with Crippen molar-refractivity contribution in [3.63, 3.8) is 0 Å². The number of halogens is 3. The Labute approximate surface area is 168 Å². The molecule has 29 heavy (non-hydrogen) atoms. The summed E-state index contributed by atoms with van der Waals surface area (Å²) in [6.07, 6.45) is -4.37. The summed E-state index contributed by atoms with van der Waals surface area (Å²) in [7, 11) is 0. The van der Waals surface area contributed by atoms with E-state index in [0.717, 1.165) is 22.7 Å². The van der Waals surface area contributed by atoms with Crippen molar-refractivity contribution in [2.24, 2.45) is 0 Å². The first kappa shape index (κ1) is 19.4. The highest BCUT2D eigenvalue weighted by atomic mass is 32.1. The summed E-state index contributed by atoms with van der Waals surface area (Å²) in [5.74, 6) is 1.30. The maximum Gasteiger partial charge on any atom is 0.416 e. The topological polar surface area (TPSA) is 78.0 Å². The standard InChI is InChI=1S/C18H17F3N6OS/c1-10-14(15-23-11(2)24-25-15)29-16(22-10)27-8-7-26(17(27)28)9-12-3-5-13(6-4-12)18(19,20)21/h3-6H,7-9H2,1-2H3,(H,23,24,25). The first-order chi connectivity index (χ1) is 13.7. The predicted molar refractivity (Wildman–Crippen MR) is 102 cm³/mol. The highest BCUT2D eigenvalue weighted by Gasteiger charge is 2.33. The summed E-state index contributed by atoms with van der Waals surface area (Å²) in [5.41, 5.74) is 0.681. The smallest absolute Gasteiger partial charge is 0.324 e. The van der Waals surface area contributed by atoms with Crippen molar-refractivity contribution in [1.29, 1.82) is 0 Å². The molecular weight excluding hydrogens is 405 g/mol. The molecule has 1 aliphatic heterocycles. The number of carbonyl (C=O) groups excluding carboxylic acids is 1. The van der Waals surface area contributed by atoms with Crippen LogP contribution in [0.25, 0.3) is 10.7 Å². The Kier molecular flexibility index (Phi) is 4.77. The van der Waals surface area contributed by atoms with Crippen LogP contribution in [0, 0.1) is 13.8 Å². The molecule has 7 nitrogen and oxygen atoms in total. The highest BCUT2D eigenvalue weighted by Crippen LogP contribution is 2.34. The van der Waals surface area contributed by atoms with Gasteiger partial charge in [-0.05, 0) is 31.5 Å². The van der Waals surface area contributed by atoms with E-state index < -0.39 is 11.7 Å². The second-order valence-electron chi connectivity index (χ2n) is 6.72. The lowest BCUT2D eigenvalue weighted by Crippen LogP contribution is -2.31. The molecule has 0 unspecified atom stereocenters. The van der Waals surface area contributed by atoms with E-state index in [4.69, 9.17) is 0 Å². The van der Waals surface area contributed by atoms with Gasteiger partial charge in [0.1, 0.15) is 5.82 Å². The van der Waals surface area contributed by atoms with Crippen LogP contribution in [0.5, 0.6) is 0 Å². The van der Waals surface area contributed by atoms with E-state index in [9.17, 15) is 18.0 Å². The number of nitrogens with zero attached hydrogens (tertiary/aromatic N) is 5. The third kappa shape index (κ3) is 3.82. The van der Waals surface area contributed by atoms with Gasteiger partial charge in [0.2, 0.25) is 0 Å². The second-order valence-corrected chi connectivity index (χ2v) is 7.70. The number of rotatable bonds is 4. The molecule has 0 radical (unpaired) electrons. The fourth-order valence-corrected chi connectivity index (χ4v) is 4.12. The van der Waals surface area contributed by atoms with Crippen molar-refractivity contribution in [3.05, 3.63) is 46.9 Å². The first-order valence-corrected chi connectivity index (χ1v) is 9.63. The quantitative estimate of drug-likeness (QED) is 0.689. The fraction of sp³-hybridized carbons (Fsp3) is 0.333. The lowest BCUT2D eigenvalue weighted by molar-refractivity contribution is -0.137. The van der Waals surface area contributed by atoms with Crippen molar-refractivity contribution in [2.75, 3.05) is 18.0 Å². The maximum absolute atomic E-state index is 12.8. The normalized spacial score (nSPS) is 14.9. The van der Waals surface area contributed by atoms with E-state index in [1.807, 2.05) is 6.92 Å². The number of aromatic nitrogens is 4. The average Bonchev–Trinajstić information content (AvgIpc) is 3.34. The van der Waals surface area contributed by atoms with E-state index >= 15 is 0 Å². The third-order valence-corrected chi connectivity index (χ3v) is 5.77. The minimum atomic E-state index is -4.37. The molecular formula is C18H17F3N6OS. The molecule has 3 heterocycles. The number of thiazole rings is 1. The van der Waals surface area contributed by atoms with Crippen LogP contribution in [0.1, 0.15) is 22.6 Å². The number of urea groups is 1. The van der Waals surface area contributed by atoms with Crippen LogP contribution in [0.3, 0.4) is 0 Å². The molecule has 1 aromatic carbocycles. The molecule has 0 saturated carbocycles. The largest absolute Gasteiger partial charge is 0.416 e. The Bertz CT molecular complexity index is 1040. The number of benzene rings is 1. The molecule has 2 amide bonds. The zero-order valence-electron chi connectivity index (χ0n) is 15.6. The first-order valence-electron chi connectivity index (χ1n) is 8.82. The molecule has 3 aromatic rings. The van der Waals surface area contributed by atoms with Gasteiger partial charge in [-0.2, -0.15) is 13.2 Å². The van der Waals surface area contributed by atoms with Gasteiger partial charge in [-0.3, -0.25) is 4.90 Å². The van der Waals surface area contributed by atoms with E-state index in [0.29, 0.717) is 35.4 Å². The van der Waals surface area contributed by atoms with E-state index in [-0.39, 0.29) is 12.6 Å². The summed E-state index contributed by atoms with van der Waals surface area (Å²) >= 11 is 1.35. The summed E-state index contributed by atoms with van der Waals surface area (Å²) < 4.78 is 38.1. The SMILES string of the molecule is Cc1nnc(-c2sc(N3CCN(Cc4ccc(C(F)(F)F)cc4)C3=O)nc2C)[nH]1. The van der Waals surface area contributed by atoms with Gasteiger partial charge in [-0.25, -0.2) is 9.78 Å². The van der Waals surface area contributed by atoms with Crippen molar-refractivity contribution in [1.82, 2.24) is 25.1 Å². The van der Waals surface area contributed by atoms with Gasteiger partial charge in [0.25, 0.3) is 0 Å². The average molecular weight is 422 g/mol. The number of aryl methyl sites for hydroxylation is 2. The summed E-state index contributed by atoms with van der Waals surface area (Å²) in [4.78, 5) is 24.3. The Morgan fingerprint density at radius 1 is 1.14 bits per heavy atom. The number of nitrogens with one attached hydrogen (secondary N) is 1. The summed E-state index contributed by atoms with van der Waals surface area (Å²) in [5, 5.41) is 8.58. The highest BCUT2D eigenvalue weighted by molar-refractivity contribution is 7.19. The number of carbonyl (C=O) groups is 1. The van der Waals surface area contributed by atoms with E-state index in [1.54, 1.807) is 16.7 Å². The molecule has 2 aromatic heterocycles. The van der Waals surface area contributed by atoms with Gasteiger partial charge in [-0.15, -0.1) is 10.2 Å². The molecule has 1 aliphatic rings. The molecule has 0 atom stereocenters. The number of aromatic amines is 1. The molecule has 1 fully saturated rings. The Hall–Kier alpha value is -2.95. The van der Waals surface area contributed by atoms with E-state index in [1.165, 1.54) is 23.5 Å². The van der Waals surface area contributed by atoms with Gasteiger partial charge in [0, 0.05) is 19.6 Å². The third-order valence-electron chi connectivity index (χ3n) is 4.58. The van der Waals surface area contributed by atoms with Crippen molar-refractivity contribution in [2.45, 2.75) is 26.6 Å². The Morgan fingerprint density at radius 3 is 2.48 bits per heavy atom. The lowest BCUT2D eigenvalue weighted by Gasteiger charge is -2.17. The zero-order valence-corrected chi connectivity index (χ0v) is 16.4. The second kappa shape index (κ2) is 7.14. The van der Waals surface area contributed by atoms with Gasteiger partial charge >= 0.3 is 12.2 Å². The van der Waals surface area contributed by atoms with Crippen molar-refractivity contribution < 1.29 is 18.0 Å². The summed E-state index contributed by atoms with van der Waals surface area (Å²) in [6, 6.07) is 4.64. The number of H-pyrrole nitrogens is 1. The van der Waals surface area contributed by atoms with Gasteiger partial charge < -0.3 is 9.88 Å². The van der Waals surface area contributed by atoms with Crippen LogP contribution in [0.2, 0.25) is 0 Å². The Balaban J connectivity index is 1.48. The number of amides is 2. The molecule has 4 rings (SSSR count). The molecule has 1 saturated heterocycles. The molecule has 0 bridgehead atoms. The van der Waals surface area contributed by atoms with E-state index in [2.05, 4.69) is 20.2 Å². The van der Waals surface area contributed by atoms with Crippen LogP contribution >= 0.6 is 11.3 Å². The van der Waals surface area contributed by atoms with Crippen molar-refractivity contribution >= 4 is 22.5 Å². The summed E-state index contributed by atoms with van der Waals surface area (Å²) in [6.45, 7) is 4.81. The molecule has 1 N–H and O–H groups in total. The van der Waals surface area contributed by atoms with Gasteiger partial charge in [0.05, 0.1) is 16.1 Å². The molecule has 0 aliphatic carbocycles. The van der Waals surface area contributed by atoms with Crippen LogP contribution in [0.4, 0.5) is 23.1 Å². The lowest BCUT2D eigenvalue weighted by atomic mass is 10.1. The number of hydrogen-bond acceptors (Lipinski definition) is 5. The Morgan fingerprint density at radius 2 is 1.86 bits per heavy atom. The van der Waals surface area contributed by atoms with Crippen LogP contribution < -0.4 is 4.90 Å². The molecule has 0 spiro atoms. The zero-order chi connectivity index (χ0) is 20.8. The monoisotopic (exact) mass is 422 g/mol. The molecule has 11 heteroatoms. The van der Waals surface area contributed by atoms with Crippen molar-refractivity contribution in [3.8, 4) is 10.7 Å². The number of anilines is 1. The fourth-order valence-electron chi connectivity index (χ4n) is 3.09.